The zero-order chi connectivity index (χ0) is 24.6. The first-order valence-corrected chi connectivity index (χ1v) is 12.2. The molecular formula is C29H32N2O4. The van der Waals surface area contributed by atoms with E-state index in [1.54, 1.807) is 24.3 Å². The number of ether oxygens (including phenoxy) is 1. The van der Waals surface area contributed by atoms with Crippen molar-refractivity contribution in [1.29, 1.82) is 0 Å². The van der Waals surface area contributed by atoms with Gasteiger partial charge in [0.05, 0.1) is 11.5 Å². The van der Waals surface area contributed by atoms with Crippen LogP contribution >= 0.6 is 0 Å². The lowest BCUT2D eigenvalue weighted by molar-refractivity contribution is -0.121. The van der Waals surface area contributed by atoms with Crippen LogP contribution in [0.4, 0.5) is 5.69 Å². The van der Waals surface area contributed by atoms with E-state index in [1.807, 2.05) is 49.4 Å². The molecule has 3 aromatic carbocycles. The third-order valence-corrected chi connectivity index (χ3v) is 6.36. The zero-order valence-corrected chi connectivity index (χ0v) is 20.1. The normalized spacial score (nSPS) is 14.3. The van der Waals surface area contributed by atoms with Gasteiger partial charge in [0.25, 0.3) is 0 Å². The SMILES string of the molecule is CCNC(=O)C(c1ccc(C(=O)O)cc1)c1cc(OCc2ccccc2)ccc1N1CCCCC1. The molecule has 1 fully saturated rings. The molecule has 1 aliphatic heterocycles. The number of carboxylic acid groups (broad SMARTS) is 1. The Morgan fingerprint density at radius 1 is 0.971 bits per heavy atom. The van der Waals surface area contributed by atoms with E-state index in [9.17, 15) is 14.7 Å². The van der Waals surface area contributed by atoms with Gasteiger partial charge in [-0.15, -0.1) is 0 Å². The summed E-state index contributed by atoms with van der Waals surface area (Å²) in [5.74, 6) is -0.999. The lowest BCUT2D eigenvalue weighted by atomic mass is 9.87. The Bertz CT molecular complexity index is 1140. The second-order valence-corrected chi connectivity index (χ2v) is 8.80. The molecule has 182 valence electrons. The number of nitrogens with one attached hydrogen (secondary N) is 1. The maximum absolute atomic E-state index is 13.4. The molecule has 0 radical (unpaired) electrons. The fourth-order valence-corrected chi connectivity index (χ4v) is 4.58. The van der Waals surface area contributed by atoms with Crippen molar-refractivity contribution >= 4 is 17.6 Å². The number of anilines is 1. The number of amides is 1. The van der Waals surface area contributed by atoms with Crippen molar-refractivity contribution in [3.8, 4) is 5.75 Å². The van der Waals surface area contributed by atoms with Crippen molar-refractivity contribution in [2.24, 2.45) is 0 Å². The van der Waals surface area contributed by atoms with Gasteiger partial charge in [0.2, 0.25) is 5.91 Å². The lowest BCUT2D eigenvalue weighted by Crippen LogP contribution is -2.34. The molecule has 1 unspecified atom stereocenters. The number of nitrogens with zero attached hydrogens (tertiary/aromatic N) is 1. The lowest BCUT2D eigenvalue weighted by Gasteiger charge is -2.33. The molecule has 6 heteroatoms. The highest BCUT2D eigenvalue weighted by atomic mass is 16.5. The Kier molecular flexibility index (Phi) is 8.03. The summed E-state index contributed by atoms with van der Waals surface area (Å²) in [6.45, 7) is 4.72. The molecule has 35 heavy (non-hydrogen) atoms. The summed E-state index contributed by atoms with van der Waals surface area (Å²) < 4.78 is 6.12. The van der Waals surface area contributed by atoms with Crippen LogP contribution in [0.25, 0.3) is 0 Å². The van der Waals surface area contributed by atoms with E-state index < -0.39 is 11.9 Å². The van der Waals surface area contributed by atoms with E-state index in [0.717, 1.165) is 48.3 Å². The van der Waals surface area contributed by atoms with Gasteiger partial charge in [-0.1, -0.05) is 42.5 Å². The van der Waals surface area contributed by atoms with Gasteiger partial charge in [-0.05, 0) is 73.2 Å². The molecule has 1 heterocycles. The van der Waals surface area contributed by atoms with Crippen LogP contribution in [0.2, 0.25) is 0 Å². The number of aromatic carboxylic acids is 1. The van der Waals surface area contributed by atoms with Crippen LogP contribution in [-0.4, -0.2) is 36.6 Å². The Labute approximate surface area is 206 Å². The average Bonchev–Trinajstić information content (AvgIpc) is 2.89. The summed E-state index contributed by atoms with van der Waals surface area (Å²) >= 11 is 0. The number of benzene rings is 3. The summed E-state index contributed by atoms with van der Waals surface area (Å²) in [7, 11) is 0. The Hall–Kier alpha value is -3.80. The van der Waals surface area contributed by atoms with E-state index in [4.69, 9.17) is 4.74 Å². The number of carbonyl (C=O) groups excluding carboxylic acids is 1. The molecular weight excluding hydrogens is 440 g/mol. The van der Waals surface area contributed by atoms with E-state index >= 15 is 0 Å². The van der Waals surface area contributed by atoms with Crippen molar-refractivity contribution in [1.82, 2.24) is 5.32 Å². The van der Waals surface area contributed by atoms with Gasteiger partial charge in [0.15, 0.2) is 0 Å². The molecule has 1 amide bonds. The van der Waals surface area contributed by atoms with E-state index in [-0.39, 0.29) is 11.5 Å². The van der Waals surface area contributed by atoms with Crippen molar-refractivity contribution in [2.45, 2.75) is 38.7 Å². The average molecular weight is 473 g/mol. The molecule has 0 spiro atoms. The van der Waals surface area contributed by atoms with Gasteiger partial charge in [-0.2, -0.15) is 0 Å². The highest BCUT2D eigenvalue weighted by Gasteiger charge is 2.28. The van der Waals surface area contributed by atoms with Crippen molar-refractivity contribution in [2.75, 3.05) is 24.5 Å². The van der Waals surface area contributed by atoms with Gasteiger partial charge in [-0.3, -0.25) is 4.79 Å². The van der Waals surface area contributed by atoms with Crippen LogP contribution < -0.4 is 15.0 Å². The second kappa shape index (κ2) is 11.6. The predicted molar refractivity (Wildman–Crippen MR) is 137 cm³/mol. The predicted octanol–water partition coefficient (Wildman–Crippen LogP) is 5.22. The quantitative estimate of drug-likeness (QED) is 0.446. The molecule has 3 aromatic rings. The fourth-order valence-electron chi connectivity index (χ4n) is 4.58. The molecule has 0 bridgehead atoms. The van der Waals surface area contributed by atoms with Gasteiger partial charge in [0, 0.05) is 25.3 Å². The van der Waals surface area contributed by atoms with Crippen LogP contribution in [0.5, 0.6) is 5.75 Å². The van der Waals surface area contributed by atoms with Gasteiger partial charge in [-0.25, -0.2) is 4.79 Å². The second-order valence-electron chi connectivity index (χ2n) is 8.80. The summed E-state index contributed by atoms with van der Waals surface area (Å²) in [4.78, 5) is 27.1. The van der Waals surface area contributed by atoms with Crippen molar-refractivity contribution < 1.29 is 19.4 Å². The van der Waals surface area contributed by atoms with Crippen LogP contribution in [0.1, 0.15) is 59.2 Å². The standard InChI is InChI=1S/C29H32N2O4/c1-2-30-28(32)27(22-11-13-23(14-12-22)29(33)34)25-19-24(35-20-21-9-5-3-6-10-21)15-16-26(25)31-17-7-4-8-18-31/h3,5-6,9-16,19,27H,2,4,7-8,17-18,20H2,1H3,(H,30,32)(H,33,34). The minimum absolute atomic E-state index is 0.117. The van der Waals surface area contributed by atoms with Gasteiger partial charge >= 0.3 is 5.97 Å². The molecule has 0 aromatic heterocycles. The van der Waals surface area contributed by atoms with Crippen molar-refractivity contribution in [3.63, 3.8) is 0 Å². The molecule has 1 atom stereocenters. The van der Waals surface area contributed by atoms with E-state index in [0.29, 0.717) is 18.9 Å². The number of hydrogen-bond donors (Lipinski definition) is 2. The molecule has 6 nitrogen and oxygen atoms in total. The van der Waals surface area contributed by atoms with E-state index in [1.165, 1.54) is 6.42 Å². The van der Waals surface area contributed by atoms with Crippen LogP contribution in [0.15, 0.2) is 72.8 Å². The minimum atomic E-state index is -0.989. The van der Waals surface area contributed by atoms with Gasteiger partial charge < -0.3 is 20.1 Å². The third-order valence-electron chi connectivity index (χ3n) is 6.36. The Morgan fingerprint density at radius 3 is 2.34 bits per heavy atom. The number of hydrogen-bond acceptors (Lipinski definition) is 4. The van der Waals surface area contributed by atoms with Crippen molar-refractivity contribution in [3.05, 3.63) is 95.1 Å². The number of carboxylic acids is 1. The summed E-state index contributed by atoms with van der Waals surface area (Å²) in [5, 5.41) is 12.3. The minimum Gasteiger partial charge on any atom is -0.489 e. The zero-order valence-electron chi connectivity index (χ0n) is 20.1. The largest absolute Gasteiger partial charge is 0.489 e. The molecule has 2 N–H and O–H groups in total. The smallest absolute Gasteiger partial charge is 0.335 e. The number of piperidine rings is 1. The van der Waals surface area contributed by atoms with Crippen LogP contribution in [-0.2, 0) is 11.4 Å². The monoisotopic (exact) mass is 472 g/mol. The number of rotatable bonds is 9. The third kappa shape index (κ3) is 6.01. The van der Waals surface area contributed by atoms with Crippen LogP contribution in [0.3, 0.4) is 0 Å². The molecule has 1 saturated heterocycles. The number of carbonyl (C=O) groups is 2. The number of likely N-dealkylation sites (N-methyl/N-ethyl adjacent to an activating group) is 1. The highest BCUT2D eigenvalue weighted by Crippen LogP contribution is 2.37. The molecule has 1 aliphatic rings. The Morgan fingerprint density at radius 2 is 1.69 bits per heavy atom. The van der Waals surface area contributed by atoms with E-state index in [2.05, 4.69) is 16.3 Å². The maximum atomic E-state index is 13.4. The summed E-state index contributed by atoms with van der Waals surface area (Å²) in [6, 6.07) is 22.6. The molecule has 0 aliphatic carbocycles. The first-order valence-electron chi connectivity index (χ1n) is 12.2. The highest BCUT2D eigenvalue weighted by molar-refractivity contribution is 5.91. The molecule has 4 rings (SSSR count). The van der Waals surface area contributed by atoms with Gasteiger partial charge in [0.1, 0.15) is 12.4 Å². The maximum Gasteiger partial charge on any atom is 0.335 e. The fraction of sp³-hybridized carbons (Fsp3) is 0.310. The first kappa shape index (κ1) is 24.3. The van der Waals surface area contributed by atoms with Crippen LogP contribution in [0, 0.1) is 0 Å². The summed E-state index contributed by atoms with van der Waals surface area (Å²) in [6.07, 6.45) is 3.44. The first-order chi connectivity index (χ1) is 17.1. The molecule has 0 saturated carbocycles. The Balaban J connectivity index is 1.75. The summed E-state index contributed by atoms with van der Waals surface area (Å²) in [5.41, 5.74) is 3.90. The topological polar surface area (TPSA) is 78.9 Å².